The number of hydrogen-bond acceptors (Lipinski definition) is 5. The van der Waals surface area contributed by atoms with Crippen molar-refractivity contribution < 1.29 is 4.74 Å². The molecule has 0 bridgehead atoms. The molecule has 0 spiro atoms. The van der Waals surface area contributed by atoms with Crippen molar-refractivity contribution in [3.63, 3.8) is 0 Å². The van der Waals surface area contributed by atoms with Crippen LogP contribution in [0, 0.1) is 0 Å². The number of nitrogens with zero attached hydrogens (tertiary/aromatic N) is 3. The SMILES string of the molecule is CCNCc1cncnc1N1CCC(OC)CC1. The molecule has 0 saturated carbocycles. The second-order valence-electron chi connectivity index (χ2n) is 4.57. The first kappa shape index (κ1) is 13.2. The van der Waals surface area contributed by atoms with Crippen molar-refractivity contribution in [2.75, 3.05) is 31.6 Å². The fourth-order valence-electron chi connectivity index (χ4n) is 2.32. The van der Waals surface area contributed by atoms with Gasteiger partial charge in [0.1, 0.15) is 12.1 Å². The molecule has 1 aliphatic heterocycles. The Kier molecular flexibility index (Phi) is 4.90. The molecule has 1 aliphatic rings. The molecule has 100 valence electrons. The van der Waals surface area contributed by atoms with Crippen molar-refractivity contribution in [1.82, 2.24) is 15.3 Å². The summed E-state index contributed by atoms with van der Waals surface area (Å²) < 4.78 is 5.40. The average molecular weight is 250 g/mol. The Morgan fingerprint density at radius 3 is 2.89 bits per heavy atom. The molecule has 5 heteroatoms. The average Bonchev–Trinajstić information content (AvgIpc) is 2.45. The molecule has 5 nitrogen and oxygen atoms in total. The van der Waals surface area contributed by atoms with Gasteiger partial charge in [0.25, 0.3) is 0 Å². The summed E-state index contributed by atoms with van der Waals surface area (Å²) in [6.45, 7) is 5.91. The van der Waals surface area contributed by atoms with E-state index in [2.05, 4.69) is 27.1 Å². The van der Waals surface area contributed by atoms with Gasteiger partial charge >= 0.3 is 0 Å². The minimum atomic E-state index is 0.403. The van der Waals surface area contributed by atoms with E-state index in [4.69, 9.17) is 4.74 Å². The molecule has 0 aliphatic carbocycles. The molecule has 0 amide bonds. The third-order valence-electron chi connectivity index (χ3n) is 3.40. The van der Waals surface area contributed by atoms with Crippen LogP contribution in [0.15, 0.2) is 12.5 Å². The summed E-state index contributed by atoms with van der Waals surface area (Å²) in [5.74, 6) is 1.07. The van der Waals surface area contributed by atoms with Gasteiger partial charge in [-0.3, -0.25) is 0 Å². The Morgan fingerprint density at radius 2 is 2.22 bits per heavy atom. The summed E-state index contributed by atoms with van der Waals surface area (Å²) in [5, 5.41) is 3.33. The lowest BCUT2D eigenvalue weighted by Crippen LogP contribution is -2.38. The number of piperidine rings is 1. The molecule has 18 heavy (non-hydrogen) atoms. The highest BCUT2D eigenvalue weighted by atomic mass is 16.5. The molecule has 1 N–H and O–H groups in total. The summed E-state index contributed by atoms with van der Waals surface area (Å²) in [6, 6.07) is 0. The third kappa shape index (κ3) is 3.17. The number of methoxy groups -OCH3 is 1. The fraction of sp³-hybridized carbons (Fsp3) is 0.692. The minimum Gasteiger partial charge on any atom is -0.381 e. The Bertz CT molecular complexity index is 364. The topological polar surface area (TPSA) is 50.3 Å². The highest BCUT2D eigenvalue weighted by Crippen LogP contribution is 2.22. The van der Waals surface area contributed by atoms with Crippen molar-refractivity contribution in [2.24, 2.45) is 0 Å². The maximum atomic E-state index is 5.40. The van der Waals surface area contributed by atoms with E-state index in [1.807, 2.05) is 6.20 Å². The zero-order chi connectivity index (χ0) is 12.8. The van der Waals surface area contributed by atoms with Gasteiger partial charge in [0.2, 0.25) is 0 Å². The number of ether oxygens (including phenoxy) is 1. The summed E-state index contributed by atoms with van der Waals surface area (Å²) in [5.41, 5.74) is 1.18. The van der Waals surface area contributed by atoms with E-state index < -0.39 is 0 Å². The van der Waals surface area contributed by atoms with E-state index in [-0.39, 0.29) is 0 Å². The second-order valence-corrected chi connectivity index (χ2v) is 4.57. The van der Waals surface area contributed by atoms with Gasteiger partial charge in [0.15, 0.2) is 0 Å². The molecular formula is C13H22N4O. The van der Waals surface area contributed by atoms with Crippen LogP contribution in [0.3, 0.4) is 0 Å². The predicted molar refractivity (Wildman–Crippen MR) is 71.7 cm³/mol. The first-order valence-corrected chi connectivity index (χ1v) is 6.62. The van der Waals surface area contributed by atoms with Crippen LogP contribution in [0.4, 0.5) is 5.82 Å². The highest BCUT2D eigenvalue weighted by molar-refractivity contribution is 5.45. The maximum Gasteiger partial charge on any atom is 0.136 e. The quantitative estimate of drug-likeness (QED) is 0.851. The largest absolute Gasteiger partial charge is 0.381 e. The molecule has 0 radical (unpaired) electrons. The first-order chi connectivity index (χ1) is 8.85. The van der Waals surface area contributed by atoms with Crippen molar-refractivity contribution in [2.45, 2.75) is 32.4 Å². The lowest BCUT2D eigenvalue weighted by molar-refractivity contribution is 0.0817. The van der Waals surface area contributed by atoms with Crippen molar-refractivity contribution in [3.8, 4) is 0 Å². The maximum absolute atomic E-state index is 5.40. The minimum absolute atomic E-state index is 0.403. The van der Waals surface area contributed by atoms with Crippen LogP contribution < -0.4 is 10.2 Å². The number of anilines is 1. The monoisotopic (exact) mass is 250 g/mol. The summed E-state index contributed by atoms with van der Waals surface area (Å²) >= 11 is 0. The van der Waals surface area contributed by atoms with Gasteiger partial charge in [-0.25, -0.2) is 9.97 Å². The molecular weight excluding hydrogens is 228 g/mol. The van der Waals surface area contributed by atoms with E-state index in [1.54, 1.807) is 13.4 Å². The lowest BCUT2D eigenvalue weighted by Gasteiger charge is -2.33. The molecule has 1 saturated heterocycles. The van der Waals surface area contributed by atoms with E-state index >= 15 is 0 Å². The third-order valence-corrected chi connectivity index (χ3v) is 3.40. The van der Waals surface area contributed by atoms with E-state index in [1.165, 1.54) is 5.56 Å². The number of aromatic nitrogens is 2. The zero-order valence-electron chi connectivity index (χ0n) is 11.2. The van der Waals surface area contributed by atoms with Gasteiger partial charge in [-0.05, 0) is 19.4 Å². The molecule has 2 heterocycles. The van der Waals surface area contributed by atoms with E-state index in [0.717, 1.165) is 44.8 Å². The predicted octanol–water partition coefficient (Wildman–Crippen LogP) is 1.20. The molecule has 1 aromatic heterocycles. The highest BCUT2D eigenvalue weighted by Gasteiger charge is 2.21. The van der Waals surface area contributed by atoms with Crippen LogP contribution in [0.2, 0.25) is 0 Å². The van der Waals surface area contributed by atoms with E-state index in [0.29, 0.717) is 6.10 Å². The molecule has 1 aromatic rings. The molecule has 0 aromatic carbocycles. The summed E-state index contributed by atoms with van der Waals surface area (Å²) in [6.07, 6.45) is 6.09. The van der Waals surface area contributed by atoms with Gasteiger partial charge in [0, 0.05) is 38.5 Å². The number of rotatable bonds is 5. The van der Waals surface area contributed by atoms with Crippen molar-refractivity contribution in [3.05, 3.63) is 18.1 Å². The van der Waals surface area contributed by atoms with Gasteiger partial charge in [-0.15, -0.1) is 0 Å². The molecule has 1 fully saturated rings. The number of hydrogen-bond donors (Lipinski definition) is 1. The molecule has 2 rings (SSSR count). The molecule has 0 atom stereocenters. The Balaban J connectivity index is 2.03. The zero-order valence-corrected chi connectivity index (χ0v) is 11.2. The van der Waals surface area contributed by atoms with Gasteiger partial charge in [-0.2, -0.15) is 0 Å². The number of nitrogens with one attached hydrogen (secondary N) is 1. The van der Waals surface area contributed by atoms with Crippen LogP contribution in [-0.2, 0) is 11.3 Å². The normalized spacial score (nSPS) is 17.1. The molecule has 0 unspecified atom stereocenters. The van der Waals surface area contributed by atoms with Crippen molar-refractivity contribution in [1.29, 1.82) is 0 Å². The van der Waals surface area contributed by atoms with Crippen LogP contribution in [0.25, 0.3) is 0 Å². The summed E-state index contributed by atoms with van der Waals surface area (Å²) in [7, 11) is 1.79. The van der Waals surface area contributed by atoms with Crippen LogP contribution in [0.1, 0.15) is 25.3 Å². The lowest BCUT2D eigenvalue weighted by atomic mass is 10.1. The smallest absolute Gasteiger partial charge is 0.136 e. The standard InChI is InChI=1S/C13H22N4O/c1-3-14-8-11-9-15-10-16-13(11)17-6-4-12(18-2)5-7-17/h9-10,12,14H,3-8H2,1-2H3. The summed E-state index contributed by atoms with van der Waals surface area (Å²) in [4.78, 5) is 10.9. The van der Waals surface area contributed by atoms with Crippen LogP contribution in [0.5, 0.6) is 0 Å². The van der Waals surface area contributed by atoms with Gasteiger partial charge < -0.3 is 15.0 Å². The van der Waals surface area contributed by atoms with E-state index in [9.17, 15) is 0 Å². The second kappa shape index (κ2) is 6.66. The Labute approximate surface area is 109 Å². The Morgan fingerprint density at radius 1 is 1.44 bits per heavy atom. The van der Waals surface area contributed by atoms with Gasteiger partial charge in [-0.1, -0.05) is 6.92 Å². The van der Waals surface area contributed by atoms with Crippen LogP contribution in [-0.4, -0.2) is 42.8 Å². The fourth-order valence-corrected chi connectivity index (χ4v) is 2.32. The van der Waals surface area contributed by atoms with Crippen molar-refractivity contribution >= 4 is 5.82 Å². The van der Waals surface area contributed by atoms with Crippen LogP contribution >= 0.6 is 0 Å². The Hall–Kier alpha value is -1.20. The van der Waals surface area contributed by atoms with Gasteiger partial charge in [0.05, 0.1) is 6.10 Å². The first-order valence-electron chi connectivity index (χ1n) is 6.62.